The van der Waals surface area contributed by atoms with Crippen molar-refractivity contribution in [3.05, 3.63) is 36.7 Å². The maximum absolute atomic E-state index is 5.19. The molecular weight excluding hydrogens is 266 g/mol. The predicted octanol–water partition coefficient (Wildman–Crippen LogP) is 2.37. The average Bonchev–Trinajstić information content (AvgIpc) is 3.21. The largest absolute Gasteiger partial charge is 0.497 e. The fraction of sp³-hybridized carbons (Fsp3) is 0.267. The van der Waals surface area contributed by atoms with Crippen molar-refractivity contribution in [2.75, 3.05) is 12.4 Å². The summed E-state index contributed by atoms with van der Waals surface area (Å²) in [5.74, 6) is 2.37. The Morgan fingerprint density at radius 2 is 2.05 bits per heavy atom. The number of nitrogens with one attached hydrogen (secondary N) is 1. The van der Waals surface area contributed by atoms with Crippen molar-refractivity contribution < 1.29 is 4.74 Å². The molecule has 0 unspecified atom stereocenters. The fourth-order valence-electron chi connectivity index (χ4n) is 2.26. The van der Waals surface area contributed by atoms with E-state index in [0.717, 1.165) is 22.8 Å². The summed E-state index contributed by atoms with van der Waals surface area (Å²) in [6, 6.07) is 10.4. The van der Waals surface area contributed by atoms with Crippen molar-refractivity contribution >= 4 is 11.6 Å². The van der Waals surface area contributed by atoms with Crippen molar-refractivity contribution in [3.8, 4) is 17.0 Å². The molecule has 0 amide bonds. The van der Waals surface area contributed by atoms with Crippen molar-refractivity contribution in [1.82, 2.24) is 19.6 Å². The van der Waals surface area contributed by atoms with Crippen LogP contribution in [0.1, 0.15) is 12.8 Å². The summed E-state index contributed by atoms with van der Waals surface area (Å²) in [6.45, 7) is 0. The van der Waals surface area contributed by atoms with E-state index >= 15 is 0 Å². The highest BCUT2D eigenvalue weighted by atomic mass is 16.5. The van der Waals surface area contributed by atoms with E-state index in [2.05, 4.69) is 20.4 Å². The number of aromatic nitrogens is 4. The summed E-state index contributed by atoms with van der Waals surface area (Å²) in [5.41, 5.74) is 1.90. The van der Waals surface area contributed by atoms with E-state index in [9.17, 15) is 0 Å². The average molecular weight is 281 g/mol. The second-order valence-corrected chi connectivity index (χ2v) is 5.15. The van der Waals surface area contributed by atoms with Crippen molar-refractivity contribution in [1.29, 1.82) is 0 Å². The molecule has 2 heterocycles. The molecule has 3 aromatic rings. The van der Waals surface area contributed by atoms with Crippen LogP contribution < -0.4 is 10.1 Å². The smallest absolute Gasteiger partial charge is 0.254 e. The van der Waals surface area contributed by atoms with Crippen LogP contribution in [0.5, 0.6) is 5.75 Å². The fourth-order valence-corrected chi connectivity index (χ4v) is 2.26. The number of hydrogen-bond acceptors (Lipinski definition) is 5. The van der Waals surface area contributed by atoms with E-state index in [4.69, 9.17) is 4.74 Å². The van der Waals surface area contributed by atoms with E-state index in [1.165, 1.54) is 19.2 Å². The van der Waals surface area contributed by atoms with Gasteiger partial charge < -0.3 is 10.1 Å². The van der Waals surface area contributed by atoms with Crippen LogP contribution in [0, 0.1) is 0 Å². The number of methoxy groups -OCH3 is 1. The molecule has 0 spiro atoms. The van der Waals surface area contributed by atoms with Gasteiger partial charge in [-0.2, -0.15) is 14.6 Å². The highest BCUT2D eigenvalue weighted by Crippen LogP contribution is 2.28. The molecule has 21 heavy (non-hydrogen) atoms. The third-order valence-electron chi connectivity index (χ3n) is 3.57. The van der Waals surface area contributed by atoms with Crippen LogP contribution in [-0.2, 0) is 0 Å². The van der Waals surface area contributed by atoms with Crippen LogP contribution in [0.3, 0.4) is 0 Å². The third kappa shape index (κ3) is 2.29. The molecule has 1 N–H and O–H groups in total. The van der Waals surface area contributed by atoms with Crippen LogP contribution in [0.25, 0.3) is 17.0 Å². The number of rotatable bonds is 4. The molecule has 1 fully saturated rings. The monoisotopic (exact) mass is 281 g/mol. The first-order chi connectivity index (χ1) is 10.3. The maximum Gasteiger partial charge on any atom is 0.254 e. The van der Waals surface area contributed by atoms with Gasteiger partial charge in [0, 0.05) is 17.7 Å². The van der Waals surface area contributed by atoms with Crippen LogP contribution in [-0.4, -0.2) is 32.7 Å². The first kappa shape index (κ1) is 12.1. The third-order valence-corrected chi connectivity index (χ3v) is 3.57. The second kappa shape index (κ2) is 4.73. The molecule has 4 rings (SSSR count). The van der Waals surface area contributed by atoms with Crippen LogP contribution >= 0.6 is 0 Å². The minimum Gasteiger partial charge on any atom is -0.497 e. The zero-order valence-corrected chi connectivity index (χ0v) is 11.7. The molecule has 1 aliphatic rings. The lowest BCUT2D eigenvalue weighted by Crippen LogP contribution is -2.08. The Morgan fingerprint density at radius 3 is 2.76 bits per heavy atom. The quantitative estimate of drug-likeness (QED) is 0.795. The molecule has 1 aliphatic carbocycles. The summed E-state index contributed by atoms with van der Waals surface area (Å²) in [5, 5.41) is 7.70. The van der Waals surface area contributed by atoms with Gasteiger partial charge >= 0.3 is 0 Å². The lowest BCUT2D eigenvalue weighted by atomic mass is 10.1. The van der Waals surface area contributed by atoms with E-state index in [1.807, 2.05) is 30.3 Å². The summed E-state index contributed by atoms with van der Waals surface area (Å²) in [4.78, 5) is 8.76. The van der Waals surface area contributed by atoms with Crippen LogP contribution in [0.2, 0.25) is 0 Å². The second-order valence-electron chi connectivity index (χ2n) is 5.15. The zero-order chi connectivity index (χ0) is 14.2. The van der Waals surface area contributed by atoms with Crippen molar-refractivity contribution in [2.45, 2.75) is 18.9 Å². The molecule has 0 aliphatic heterocycles. The van der Waals surface area contributed by atoms with E-state index in [1.54, 1.807) is 11.6 Å². The zero-order valence-electron chi connectivity index (χ0n) is 11.7. The first-order valence-corrected chi connectivity index (χ1v) is 6.95. The highest BCUT2D eigenvalue weighted by Gasteiger charge is 2.22. The van der Waals surface area contributed by atoms with E-state index < -0.39 is 0 Å². The summed E-state index contributed by atoms with van der Waals surface area (Å²) in [7, 11) is 1.66. The SMILES string of the molecule is COc1ccc(-c2cc(NC3CC3)n3ncnc3n2)cc1. The lowest BCUT2D eigenvalue weighted by Gasteiger charge is -2.09. The van der Waals surface area contributed by atoms with Gasteiger partial charge in [-0.25, -0.2) is 4.98 Å². The van der Waals surface area contributed by atoms with Gasteiger partial charge in [0.25, 0.3) is 5.78 Å². The molecule has 0 bridgehead atoms. The number of fused-ring (bicyclic) bond motifs is 1. The van der Waals surface area contributed by atoms with Gasteiger partial charge in [0.2, 0.25) is 0 Å². The Balaban J connectivity index is 1.79. The Hall–Kier alpha value is -2.63. The summed E-state index contributed by atoms with van der Waals surface area (Å²) < 4.78 is 6.93. The van der Waals surface area contributed by atoms with Crippen molar-refractivity contribution in [3.63, 3.8) is 0 Å². The predicted molar refractivity (Wildman–Crippen MR) is 79.4 cm³/mol. The van der Waals surface area contributed by atoms with Crippen LogP contribution in [0.15, 0.2) is 36.7 Å². The molecule has 1 saturated carbocycles. The van der Waals surface area contributed by atoms with E-state index in [0.29, 0.717) is 11.8 Å². The maximum atomic E-state index is 5.19. The molecule has 2 aromatic heterocycles. The number of benzene rings is 1. The van der Waals surface area contributed by atoms with Gasteiger partial charge in [-0.15, -0.1) is 0 Å². The molecule has 0 saturated heterocycles. The molecule has 0 atom stereocenters. The summed E-state index contributed by atoms with van der Waals surface area (Å²) in [6.07, 6.45) is 3.94. The van der Waals surface area contributed by atoms with Gasteiger partial charge in [0.05, 0.1) is 12.8 Å². The number of nitrogens with zero attached hydrogens (tertiary/aromatic N) is 4. The van der Waals surface area contributed by atoms with Gasteiger partial charge in [-0.3, -0.25) is 0 Å². The minimum atomic E-state index is 0.545. The van der Waals surface area contributed by atoms with Gasteiger partial charge in [-0.1, -0.05) is 0 Å². The summed E-state index contributed by atoms with van der Waals surface area (Å²) >= 11 is 0. The Bertz CT molecular complexity index is 776. The minimum absolute atomic E-state index is 0.545. The van der Waals surface area contributed by atoms with Gasteiger partial charge in [-0.05, 0) is 37.1 Å². The molecule has 6 heteroatoms. The highest BCUT2D eigenvalue weighted by molar-refractivity contribution is 5.66. The molecular formula is C15H15N5O. The molecule has 6 nitrogen and oxygen atoms in total. The van der Waals surface area contributed by atoms with E-state index in [-0.39, 0.29) is 0 Å². The Kier molecular flexibility index (Phi) is 2.73. The van der Waals surface area contributed by atoms with Gasteiger partial charge in [0.1, 0.15) is 17.9 Å². The van der Waals surface area contributed by atoms with Crippen LogP contribution in [0.4, 0.5) is 5.82 Å². The molecule has 1 aromatic carbocycles. The number of ether oxygens (including phenoxy) is 1. The lowest BCUT2D eigenvalue weighted by molar-refractivity contribution is 0.415. The topological polar surface area (TPSA) is 64.3 Å². The standard InChI is InChI=1S/C15H15N5O/c1-21-12-6-2-10(3-7-12)13-8-14(18-11-4-5-11)20-15(19-13)16-9-17-20/h2-3,6-9,11,18H,4-5H2,1H3. The van der Waals surface area contributed by atoms with Crippen molar-refractivity contribution in [2.24, 2.45) is 0 Å². The van der Waals surface area contributed by atoms with Gasteiger partial charge in [0.15, 0.2) is 0 Å². The normalized spacial score (nSPS) is 14.3. The Labute approximate surface area is 121 Å². The number of anilines is 1. The Morgan fingerprint density at radius 1 is 1.24 bits per heavy atom. The molecule has 0 radical (unpaired) electrons. The first-order valence-electron chi connectivity index (χ1n) is 6.95. The molecule has 106 valence electrons. The number of hydrogen-bond donors (Lipinski definition) is 1.